The van der Waals surface area contributed by atoms with E-state index in [1.165, 1.54) is 11.1 Å². The Kier molecular flexibility index (Phi) is 10.6. The lowest BCUT2D eigenvalue weighted by Gasteiger charge is -2.44. The fraction of sp³-hybridized carbons (Fsp3) is 0.618. The number of ether oxygens (including phenoxy) is 2. The molecule has 1 fully saturated rings. The van der Waals surface area contributed by atoms with Crippen molar-refractivity contribution in [3.8, 4) is 5.75 Å². The van der Waals surface area contributed by atoms with Gasteiger partial charge in [-0.2, -0.15) is 0 Å². The van der Waals surface area contributed by atoms with E-state index in [-0.39, 0.29) is 12.0 Å². The number of nitrogens with zero attached hydrogens (tertiary/aromatic N) is 1. The molecule has 2 aliphatic heterocycles. The zero-order chi connectivity index (χ0) is 30.6. The molecule has 1 N–H and O–H groups in total. The number of rotatable bonds is 6. The average Bonchev–Trinajstić information content (AvgIpc) is 3.15. The minimum Gasteiger partial charge on any atom is -0.491 e. The summed E-state index contributed by atoms with van der Waals surface area (Å²) in [5.41, 5.74) is 3.69. The van der Waals surface area contributed by atoms with E-state index >= 15 is 0 Å². The van der Waals surface area contributed by atoms with Crippen molar-refractivity contribution in [1.82, 2.24) is 4.72 Å². The van der Waals surface area contributed by atoms with Crippen LogP contribution in [-0.2, 0) is 21.2 Å². The molecule has 2 aromatic carbocycles. The second-order valence-electron chi connectivity index (χ2n) is 12.6. The predicted octanol–water partition coefficient (Wildman–Crippen LogP) is 7.12. The summed E-state index contributed by atoms with van der Waals surface area (Å²) in [5.74, 6) is 1.17. The topological polar surface area (TPSA) is 84.9 Å². The number of carbonyl (C=O) groups excluding carboxylic acids is 1. The second kappa shape index (κ2) is 14.2. The van der Waals surface area contributed by atoms with Gasteiger partial charge in [-0.3, -0.25) is 4.79 Å². The Bertz CT molecular complexity index is 1380. The van der Waals surface area contributed by atoms with E-state index in [9.17, 15) is 13.2 Å². The van der Waals surface area contributed by atoms with Gasteiger partial charge in [-0.15, -0.1) is 0 Å². The van der Waals surface area contributed by atoms with Crippen LogP contribution in [0.3, 0.4) is 0 Å². The fourth-order valence-corrected chi connectivity index (χ4v) is 8.87. The number of anilines is 1. The van der Waals surface area contributed by atoms with Crippen molar-refractivity contribution >= 4 is 33.2 Å². The molecule has 2 bridgehead atoms. The maximum Gasteiger partial charge on any atom is 0.264 e. The molecule has 5 rings (SSSR count). The Hall–Kier alpha value is -2.29. The first kappa shape index (κ1) is 32.1. The smallest absolute Gasteiger partial charge is 0.264 e. The summed E-state index contributed by atoms with van der Waals surface area (Å²) in [6, 6.07) is 11.5. The molecule has 0 saturated heterocycles. The number of sulfonamides is 1. The summed E-state index contributed by atoms with van der Waals surface area (Å²) in [6.07, 6.45) is 9.19. The zero-order valence-corrected chi connectivity index (χ0v) is 27.4. The van der Waals surface area contributed by atoms with Crippen LogP contribution in [0.15, 0.2) is 36.4 Å². The fourth-order valence-electron chi connectivity index (χ4n) is 7.22. The molecular weight excluding hydrogens is 584 g/mol. The quantitative estimate of drug-likeness (QED) is 0.366. The van der Waals surface area contributed by atoms with Crippen LogP contribution in [0, 0.1) is 11.8 Å². The number of fused-ring (bicyclic) bond motifs is 2. The Balaban J connectivity index is 1.53. The molecule has 2 aromatic rings. The van der Waals surface area contributed by atoms with Gasteiger partial charge in [-0.1, -0.05) is 50.8 Å². The van der Waals surface area contributed by atoms with Crippen LogP contribution in [0.1, 0.15) is 99.0 Å². The molecule has 2 heterocycles. The van der Waals surface area contributed by atoms with E-state index in [4.69, 9.17) is 21.1 Å². The number of aryl methyl sites for hydroxylation is 1. The van der Waals surface area contributed by atoms with E-state index in [1.54, 1.807) is 6.07 Å². The number of carbonyl (C=O) groups is 1. The van der Waals surface area contributed by atoms with Crippen LogP contribution < -0.4 is 14.4 Å². The van der Waals surface area contributed by atoms with Crippen LogP contribution in [0.5, 0.6) is 5.75 Å². The third kappa shape index (κ3) is 7.34. The molecule has 0 radical (unpaired) electrons. The minimum absolute atomic E-state index is 0.113. The summed E-state index contributed by atoms with van der Waals surface area (Å²) < 4.78 is 41.4. The minimum atomic E-state index is -3.82. The SMILES string of the molecule is CCCCc1cc(Cl)ccc1[C@@H]1COc2ccc3cc2N(C1)C[C@@H]1CC[C@H]1[C@@H](OC)CCCC[C@@H](CC)S(=O)(=O)NC3=O. The number of hydrogen-bond acceptors (Lipinski definition) is 6. The van der Waals surface area contributed by atoms with Crippen molar-refractivity contribution in [2.45, 2.75) is 95.3 Å². The predicted molar refractivity (Wildman–Crippen MR) is 173 cm³/mol. The van der Waals surface area contributed by atoms with Crippen molar-refractivity contribution in [2.75, 3.05) is 31.7 Å². The highest BCUT2D eigenvalue weighted by Crippen LogP contribution is 2.43. The maximum absolute atomic E-state index is 13.4. The summed E-state index contributed by atoms with van der Waals surface area (Å²) >= 11 is 6.44. The van der Waals surface area contributed by atoms with Crippen LogP contribution in [0.2, 0.25) is 5.02 Å². The molecule has 7 nitrogen and oxygen atoms in total. The number of amides is 1. The van der Waals surface area contributed by atoms with Crippen molar-refractivity contribution in [2.24, 2.45) is 11.8 Å². The largest absolute Gasteiger partial charge is 0.491 e. The summed E-state index contributed by atoms with van der Waals surface area (Å²) in [5, 5.41) is 0.140. The van der Waals surface area contributed by atoms with Crippen LogP contribution in [0.25, 0.3) is 0 Å². The molecule has 0 spiro atoms. The van der Waals surface area contributed by atoms with Gasteiger partial charge in [-0.05, 0) is 98.2 Å². The van der Waals surface area contributed by atoms with Gasteiger partial charge in [0.2, 0.25) is 10.0 Å². The van der Waals surface area contributed by atoms with Crippen molar-refractivity contribution < 1.29 is 22.7 Å². The third-order valence-electron chi connectivity index (χ3n) is 9.89. The molecule has 5 atom stereocenters. The van der Waals surface area contributed by atoms with Gasteiger partial charge < -0.3 is 14.4 Å². The van der Waals surface area contributed by atoms with Crippen LogP contribution in [0.4, 0.5) is 5.69 Å². The number of halogens is 1. The first-order valence-electron chi connectivity index (χ1n) is 16.1. The zero-order valence-electron chi connectivity index (χ0n) is 25.8. The second-order valence-corrected chi connectivity index (χ2v) is 15.0. The Labute approximate surface area is 262 Å². The van der Waals surface area contributed by atoms with E-state index in [0.717, 1.165) is 80.9 Å². The molecule has 236 valence electrons. The molecule has 3 aliphatic rings. The van der Waals surface area contributed by atoms with Gasteiger partial charge in [0.15, 0.2) is 0 Å². The van der Waals surface area contributed by atoms with Crippen LogP contribution >= 0.6 is 11.6 Å². The number of benzene rings is 2. The lowest BCUT2D eigenvalue weighted by Crippen LogP contribution is -2.45. The lowest BCUT2D eigenvalue weighted by atomic mass is 9.69. The Morgan fingerprint density at radius 2 is 1.86 bits per heavy atom. The Morgan fingerprint density at radius 3 is 2.58 bits per heavy atom. The molecular formula is C34H47ClN2O5S. The van der Waals surface area contributed by atoms with E-state index in [0.29, 0.717) is 36.8 Å². The number of hydrogen-bond donors (Lipinski definition) is 1. The van der Waals surface area contributed by atoms with E-state index in [1.807, 2.05) is 32.2 Å². The molecule has 0 aromatic heterocycles. The molecule has 43 heavy (non-hydrogen) atoms. The summed E-state index contributed by atoms with van der Waals surface area (Å²) in [6.45, 7) is 6.14. The molecule has 9 heteroatoms. The average molecular weight is 631 g/mol. The highest BCUT2D eigenvalue weighted by Gasteiger charge is 2.39. The van der Waals surface area contributed by atoms with Crippen LogP contribution in [-0.4, -0.2) is 52.5 Å². The number of unbranched alkanes of at least 4 members (excludes halogenated alkanes) is 1. The molecule has 0 unspecified atom stereocenters. The lowest BCUT2D eigenvalue weighted by molar-refractivity contribution is -0.0218. The van der Waals surface area contributed by atoms with Gasteiger partial charge in [0, 0.05) is 36.7 Å². The number of nitrogens with one attached hydrogen (secondary N) is 1. The first-order valence-corrected chi connectivity index (χ1v) is 18.0. The first-order chi connectivity index (χ1) is 20.7. The normalized spacial score (nSPS) is 27.7. The van der Waals surface area contributed by atoms with Crippen molar-refractivity contribution in [3.05, 3.63) is 58.1 Å². The maximum atomic E-state index is 13.4. The highest BCUT2D eigenvalue weighted by atomic mass is 35.5. The van der Waals surface area contributed by atoms with Gasteiger partial charge in [0.05, 0.1) is 23.6 Å². The third-order valence-corrected chi connectivity index (χ3v) is 12.0. The molecule has 1 amide bonds. The molecule has 1 saturated carbocycles. The number of methoxy groups -OCH3 is 1. The van der Waals surface area contributed by atoms with Gasteiger partial charge in [0.25, 0.3) is 5.91 Å². The van der Waals surface area contributed by atoms with E-state index in [2.05, 4.69) is 28.7 Å². The monoisotopic (exact) mass is 630 g/mol. The van der Waals surface area contributed by atoms with E-state index < -0.39 is 21.2 Å². The van der Waals surface area contributed by atoms with Gasteiger partial charge >= 0.3 is 0 Å². The standard InChI is InChI=1S/C34H47ClN2O5S/c1-4-6-9-23-18-27(35)14-16-29(23)26-21-37-20-25-12-15-30(25)32(41-3)11-8-7-10-28(5-2)43(39,40)36-34(38)24-13-17-33(42-22-26)31(37)19-24/h13-14,16-19,25-26,28,30,32H,4-12,15,20-22H2,1-3H3,(H,36,38)/t25-,26-,28+,30+,32-/m0/s1. The molecule has 1 aliphatic carbocycles. The Morgan fingerprint density at radius 1 is 1.05 bits per heavy atom. The van der Waals surface area contributed by atoms with Crippen molar-refractivity contribution in [3.63, 3.8) is 0 Å². The van der Waals surface area contributed by atoms with Gasteiger partial charge in [-0.25, -0.2) is 13.1 Å². The van der Waals surface area contributed by atoms with Gasteiger partial charge in [0.1, 0.15) is 5.75 Å². The summed E-state index contributed by atoms with van der Waals surface area (Å²) in [7, 11) is -2.01. The highest BCUT2D eigenvalue weighted by molar-refractivity contribution is 7.90. The van der Waals surface area contributed by atoms with Crippen molar-refractivity contribution in [1.29, 1.82) is 0 Å². The summed E-state index contributed by atoms with van der Waals surface area (Å²) in [4.78, 5) is 15.7.